The predicted molar refractivity (Wildman–Crippen MR) is 68.2 cm³/mol. The molecule has 0 bridgehead atoms. The van der Waals surface area contributed by atoms with Gasteiger partial charge in [0.15, 0.2) is 12.4 Å². The van der Waals surface area contributed by atoms with E-state index in [0.717, 1.165) is 12.5 Å². The minimum absolute atomic E-state index is 0.567. The van der Waals surface area contributed by atoms with Crippen LogP contribution in [0.5, 0.6) is 0 Å². The standard InChI is InChI=1S/C9H18O10S2/c1-16-9-8(19-21(3,14)15)7(11)6(10)5(18-9)4-17-20(2,12)13/h5-11H,4H2,1-3H3. The Labute approximate surface area is 122 Å². The Balaban J connectivity index is 2.84. The fourth-order valence-corrected chi connectivity index (χ4v) is 2.72. The van der Waals surface area contributed by atoms with Gasteiger partial charge in [0.1, 0.15) is 18.3 Å². The topological polar surface area (TPSA) is 146 Å². The number of ether oxygens (including phenoxy) is 2. The molecule has 0 radical (unpaired) electrons. The van der Waals surface area contributed by atoms with Crippen LogP contribution in [0.25, 0.3) is 0 Å². The molecule has 0 saturated carbocycles. The van der Waals surface area contributed by atoms with Crippen molar-refractivity contribution in [3.63, 3.8) is 0 Å². The van der Waals surface area contributed by atoms with Crippen molar-refractivity contribution in [3.8, 4) is 0 Å². The fourth-order valence-electron chi connectivity index (χ4n) is 1.73. The van der Waals surface area contributed by atoms with Gasteiger partial charge in [-0.15, -0.1) is 0 Å². The highest BCUT2D eigenvalue weighted by atomic mass is 32.2. The smallest absolute Gasteiger partial charge is 0.264 e. The van der Waals surface area contributed by atoms with Crippen molar-refractivity contribution in [3.05, 3.63) is 0 Å². The number of aliphatic hydroxyl groups excluding tert-OH is 2. The summed E-state index contributed by atoms with van der Waals surface area (Å²) in [6, 6.07) is 0. The van der Waals surface area contributed by atoms with Gasteiger partial charge in [0.05, 0.1) is 19.1 Å². The van der Waals surface area contributed by atoms with E-state index in [1.165, 1.54) is 7.11 Å². The molecular weight excluding hydrogens is 332 g/mol. The average Bonchev–Trinajstić information content (AvgIpc) is 2.31. The molecule has 5 unspecified atom stereocenters. The zero-order chi connectivity index (χ0) is 16.4. The summed E-state index contributed by atoms with van der Waals surface area (Å²) >= 11 is 0. The second-order valence-corrected chi connectivity index (χ2v) is 7.76. The van der Waals surface area contributed by atoms with Crippen molar-refractivity contribution < 1.29 is 44.9 Å². The molecule has 1 fully saturated rings. The molecule has 1 aliphatic heterocycles. The van der Waals surface area contributed by atoms with E-state index in [0.29, 0.717) is 0 Å². The SMILES string of the molecule is COC1OC(COS(C)(=O)=O)C(O)C(O)C1OS(C)(=O)=O. The highest BCUT2D eigenvalue weighted by Gasteiger charge is 2.47. The van der Waals surface area contributed by atoms with Gasteiger partial charge in [0.25, 0.3) is 20.2 Å². The van der Waals surface area contributed by atoms with E-state index in [1.54, 1.807) is 0 Å². The first-order valence-corrected chi connectivity index (χ1v) is 9.35. The molecule has 0 aliphatic carbocycles. The van der Waals surface area contributed by atoms with Crippen molar-refractivity contribution in [2.24, 2.45) is 0 Å². The fraction of sp³-hybridized carbons (Fsp3) is 1.00. The van der Waals surface area contributed by atoms with Crippen LogP contribution in [0.15, 0.2) is 0 Å². The Bertz CT molecular complexity index is 537. The quantitative estimate of drug-likeness (QED) is 0.489. The molecule has 0 aromatic carbocycles. The zero-order valence-electron chi connectivity index (χ0n) is 11.6. The highest BCUT2D eigenvalue weighted by Crippen LogP contribution is 2.25. The van der Waals surface area contributed by atoms with Crippen molar-refractivity contribution in [2.75, 3.05) is 26.2 Å². The molecule has 1 aliphatic rings. The number of hydrogen-bond acceptors (Lipinski definition) is 10. The zero-order valence-corrected chi connectivity index (χ0v) is 13.2. The second-order valence-electron chi connectivity index (χ2n) is 4.51. The third-order valence-electron chi connectivity index (χ3n) is 2.61. The number of aliphatic hydroxyl groups is 2. The maximum atomic E-state index is 11.1. The largest absolute Gasteiger partial charge is 0.387 e. The van der Waals surface area contributed by atoms with Crippen LogP contribution >= 0.6 is 0 Å². The minimum Gasteiger partial charge on any atom is -0.387 e. The number of methoxy groups -OCH3 is 1. The summed E-state index contributed by atoms with van der Waals surface area (Å²) < 4.78 is 63.2. The predicted octanol–water partition coefficient (Wildman–Crippen LogP) is -2.60. The molecule has 0 amide bonds. The molecular formula is C9H18O10S2. The van der Waals surface area contributed by atoms with Crippen LogP contribution in [0, 0.1) is 0 Å². The van der Waals surface area contributed by atoms with Crippen LogP contribution in [-0.2, 0) is 38.1 Å². The first-order chi connectivity index (χ1) is 9.44. The summed E-state index contributed by atoms with van der Waals surface area (Å²) in [6.45, 7) is -0.567. The van der Waals surface area contributed by atoms with Crippen LogP contribution in [0.3, 0.4) is 0 Å². The molecule has 0 spiro atoms. The minimum atomic E-state index is -3.93. The molecule has 1 rings (SSSR count). The lowest BCUT2D eigenvalue weighted by Gasteiger charge is -2.40. The Hall–Kier alpha value is -0.340. The number of rotatable bonds is 6. The van der Waals surface area contributed by atoms with Gasteiger partial charge >= 0.3 is 0 Å². The summed E-state index contributed by atoms with van der Waals surface area (Å²) in [7, 11) is -6.54. The Kier molecular flexibility index (Phi) is 6.08. The molecule has 0 aromatic heterocycles. The van der Waals surface area contributed by atoms with Crippen molar-refractivity contribution in [1.82, 2.24) is 0 Å². The summed E-state index contributed by atoms with van der Waals surface area (Å²) in [5.41, 5.74) is 0. The summed E-state index contributed by atoms with van der Waals surface area (Å²) in [5, 5.41) is 19.7. The summed E-state index contributed by atoms with van der Waals surface area (Å²) in [5.74, 6) is 0. The molecule has 1 heterocycles. The van der Waals surface area contributed by atoms with Gasteiger partial charge in [-0.05, 0) is 0 Å². The van der Waals surface area contributed by atoms with Gasteiger partial charge in [-0.3, -0.25) is 8.37 Å². The van der Waals surface area contributed by atoms with E-state index >= 15 is 0 Å². The monoisotopic (exact) mass is 350 g/mol. The molecule has 126 valence electrons. The van der Waals surface area contributed by atoms with Crippen LogP contribution < -0.4 is 0 Å². The average molecular weight is 350 g/mol. The molecule has 2 N–H and O–H groups in total. The van der Waals surface area contributed by atoms with Crippen LogP contribution in [0.2, 0.25) is 0 Å². The second kappa shape index (κ2) is 6.83. The van der Waals surface area contributed by atoms with E-state index < -0.39 is 57.5 Å². The molecule has 1 saturated heterocycles. The Morgan fingerprint density at radius 3 is 2.05 bits per heavy atom. The molecule has 10 nitrogen and oxygen atoms in total. The van der Waals surface area contributed by atoms with E-state index in [1.807, 2.05) is 0 Å². The molecule has 5 atom stereocenters. The molecule has 0 aromatic rings. The highest BCUT2D eigenvalue weighted by molar-refractivity contribution is 7.86. The van der Waals surface area contributed by atoms with Crippen molar-refractivity contribution in [1.29, 1.82) is 0 Å². The van der Waals surface area contributed by atoms with Gasteiger partial charge in [0, 0.05) is 7.11 Å². The normalized spacial score (nSPS) is 34.8. The summed E-state index contributed by atoms with van der Waals surface area (Å²) in [6.07, 6.45) is -5.78. The Morgan fingerprint density at radius 2 is 1.62 bits per heavy atom. The Morgan fingerprint density at radius 1 is 1.05 bits per heavy atom. The van der Waals surface area contributed by atoms with Crippen molar-refractivity contribution in [2.45, 2.75) is 30.7 Å². The lowest BCUT2D eigenvalue weighted by molar-refractivity contribution is -0.286. The van der Waals surface area contributed by atoms with Gasteiger partial charge in [0.2, 0.25) is 0 Å². The third-order valence-corrected chi connectivity index (χ3v) is 3.75. The molecule has 21 heavy (non-hydrogen) atoms. The lowest BCUT2D eigenvalue weighted by atomic mass is 9.99. The summed E-state index contributed by atoms with van der Waals surface area (Å²) in [4.78, 5) is 0. The maximum Gasteiger partial charge on any atom is 0.264 e. The van der Waals surface area contributed by atoms with Gasteiger partial charge < -0.3 is 19.7 Å². The van der Waals surface area contributed by atoms with E-state index in [4.69, 9.17) is 9.47 Å². The van der Waals surface area contributed by atoms with Crippen molar-refractivity contribution >= 4 is 20.2 Å². The lowest BCUT2D eigenvalue weighted by Crippen LogP contribution is -2.60. The molecule has 12 heteroatoms. The van der Waals surface area contributed by atoms with E-state index in [9.17, 15) is 27.0 Å². The first-order valence-electron chi connectivity index (χ1n) is 5.71. The first kappa shape index (κ1) is 18.7. The van der Waals surface area contributed by atoms with E-state index in [2.05, 4.69) is 8.37 Å². The van der Waals surface area contributed by atoms with Crippen LogP contribution in [0.4, 0.5) is 0 Å². The van der Waals surface area contributed by atoms with Crippen LogP contribution in [0.1, 0.15) is 0 Å². The van der Waals surface area contributed by atoms with E-state index in [-0.39, 0.29) is 0 Å². The van der Waals surface area contributed by atoms with Gasteiger partial charge in [-0.2, -0.15) is 16.8 Å². The van der Waals surface area contributed by atoms with Gasteiger partial charge in [-0.25, -0.2) is 0 Å². The third kappa shape index (κ3) is 5.75. The maximum absolute atomic E-state index is 11.1. The number of hydrogen-bond donors (Lipinski definition) is 2. The van der Waals surface area contributed by atoms with Crippen LogP contribution in [-0.4, -0.2) is 84.0 Å². The van der Waals surface area contributed by atoms with Gasteiger partial charge in [-0.1, -0.05) is 0 Å².